The van der Waals surface area contributed by atoms with Crippen molar-refractivity contribution in [1.29, 1.82) is 0 Å². The van der Waals surface area contributed by atoms with Gasteiger partial charge >= 0.3 is 0 Å². The van der Waals surface area contributed by atoms with Crippen LogP contribution < -0.4 is 18.9 Å². The van der Waals surface area contributed by atoms with Crippen LogP contribution in [0.2, 0.25) is 0 Å². The summed E-state index contributed by atoms with van der Waals surface area (Å²) in [7, 11) is -2.14. The van der Waals surface area contributed by atoms with Gasteiger partial charge in [0, 0.05) is 6.07 Å². The first kappa shape index (κ1) is 15.5. The van der Waals surface area contributed by atoms with Gasteiger partial charge in [-0.15, -0.1) is 0 Å². The zero-order valence-corrected chi connectivity index (χ0v) is 13.9. The smallest absolute Gasteiger partial charge is 0.262 e. The summed E-state index contributed by atoms with van der Waals surface area (Å²) >= 11 is 0. The van der Waals surface area contributed by atoms with Crippen LogP contribution >= 0.6 is 0 Å². The van der Waals surface area contributed by atoms with Crippen LogP contribution in [0.1, 0.15) is 11.1 Å². The lowest BCUT2D eigenvalue weighted by atomic mass is 10.1. The third-order valence-electron chi connectivity index (χ3n) is 3.64. The molecular formula is C16H17NO5S. The standard InChI is InChI=1S/C16H17NO5S/c1-10-7-15(20-3)11(2)6-13(10)17-23(18,19)12-4-5-14-16(8-12)22-9-21-14/h4-8,17H,9H2,1-3H3. The van der Waals surface area contributed by atoms with E-state index in [0.29, 0.717) is 22.9 Å². The summed E-state index contributed by atoms with van der Waals surface area (Å²) in [6.07, 6.45) is 0. The highest BCUT2D eigenvalue weighted by atomic mass is 32.2. The molecule has 1 heterocycles. The van der Waals surface area contributed by atoms with Crippen molar-refractivity contribution in [2.75, 3.05) is 18.6 Å². The number of nitrogens with one attached hydrogen (secondary N) is 1. The molecule has 2 aromatic rings. The van der Waals surface area contributed by atoms with Crippen molar-refractivity contribution >= 4 is 15.7 Å². The van der Waals surface area contributed by atoms with Crippen molar-refractivity contribution in [3.63, 3.8) is 0 Å². The number of methoxy groups -OCH3 is 1. The first-order valence-electron chi connectivity index (χ1n) is 6.98. The Kier molecular flexibility index (Phi) is 3.81. The second kappa shape index (κ2) is 5.66. The van der Waals surface area contributed by atoms with Crippen LogP contribution in [-0.4, -0.2) is 22.3 Å². The molecule has 0 aromatic heterocycles. The van der Waals surface area contributed by atoms with Gasteiger partial charge in [-0.1, -0.05) is 0 Å². The van der Waals surface area contributed by atoms with Gasteiger partial charge in [-0.2, -0.15) is 0 Å². The van der Waals surface area contributed by atoms with Gasteiger partial charge in [-0.25, -0.2) is 8.42 Å². The van der Waals surface area contributed by atoms with E-state index < -0.39 is 10.0 Å². The van der Waals surface area contributed by atoms with Crippen molar-refractivity contribution in [3.05, 3.63) is 41.5 Å². The molecule has 122 valence electrons. The predicted molar refractivity (Wildman–Crippen MR) is 85.8 cm³/mol. The zero-order chi connectivity index (χ0) is 16.6. The van der Waals surface area contributed by atoms with E-state index in [1.54, 1.807) is 25.3 Å². The molecule has 0 radical (unpaired) electrons. The minimum atomic E-state index is -3.72. The molecule has 0 bridgehead atoms. The lowest BCUT2D eigenvalue weighted by molar-refractivity contribution is 0.174. The van der Waals surface area contributed by atoms with Gasteiger partial charge in [0.05, 0.1) is 17.7 Å². The largest absolute Gasteiger partial charge is 0.496 e. The number of aryl methyl sites for hydroxylation is 2. The van der Waals surface area contributed by atoms with Crippen LogP contribution in [0.15, 0.2) is 35.2 Å². The van der Waals surface area contributed by atoms with Crippen LogP contribution in [0.3, 0.4) is 0 Å². The van der Waals surface area contributed by atoms with Gasteiger partial charge < -0.3 is 14.2 Å². The maximum absolute atomic E-state index is 12.6. The Morgan fingerprint density at radius 3 is 2.52 bits per heavy atom. The Morgan fingerprint density at radius 2 is 1.78 bits per heavy atom. The van der Waals surface area contributed by atoms with Crippen molar-refractivity contribution in [1.82, 2.24) is 0 Å². The Morgan fingerprint density at radius 1 is 1.04 bits per heavy atom. The third-order valence-corrected chi connectivity index (χ3v) is 5.00. The molecule has 1 N–H and O–H groups in total. The molecule has 23 heavy (non-hydrogen) atoms. The molecule has 1 aliphatic rings. The first-order valence-corrected chi connectivity index (χ1v) is 8.47. The number of ether oxygens (including phenoxy) is 3. The summed E-state index contributed by atoms with van der Waals surface area (Å²) in [5, 5.41) is 0. The topological polar surface area (TPSA) is 73.9 Å². The van der Waals surface area contributed by atoms with Gasteiger partial charge in [-0.05, 0) is 49.2 Å². The van der Waals surface area contributed by atoms with Gasteiger partial charge in [0.1, 0.15) is 5.75 Å². The zero-order valence-electron chi connectivity index (χ0n) is 13.0. The second-order valence-corrected chi connectivity index (χ2v) is 6.94. The molecule has 3 rings (SSSR count). The number of rotatable bonds is 4. The Balaban J connectivity index is 1.94. The van der Waals surface area contributed by atoms with Gasteiger partial charge in [0.15, 0.2) is 11.5 Å². The molecule has 7 heteroatoms. The van der Waals surface area contributed by atoms with E-state index in [0.717, 1.165) is 11.1 Å². The molecule has 1 aliphatic heterocycles. The molecule has 0 saturated carbocycles. The van der Waals surface area contributed by atoms with E-state index >= 15 is 0 Å². The normalized spacial score (nSPS) is 13.0. The second-order valence-electron chi connectivity index (χ2n) is 5.26. The van der Waals surface area contributed by atoms with E-state index in [-0.39, 0.29) is 11.7 Å². The summed E-state index contributed by atoms with van der Waals surface area (Å²) in [6.45, 7) is 3.78. The molecule has 0 atom stereocenters. The maximum atomic E-state index is 12.6. The predicted octanol–water partition coefficient (Wildman–Crippen LogP) is 2.84. The summed E-state index contributed by atoms with van der Waals surface area (Å²) in [5.74, 6) is 1.68. The fourth-order valence-corrected chi connectivity index (χ4v) is 3.50. The van der Waals surface area contributed by atoms with Crippen LogP contribution in [0.25, 0.3) is 0 Å². The van der Waals surface area contributed by atoms with Crippen LogP contribution in [-0.2, 0) is 10.0 Å². The van der Waals surface area contributed by atoms with Crippen molar-refractivity contribution < 1.29 is 22.6 Å². The van der Waals surface area contributed by atoms with Gasteiger partial charge in [0.2, 0.25) is 6.79 Å². The number of hydrogen-bond acceptors (Lipinski definition) is 5. The van der Waals surface area contributed by atoms with Crippen LogP contribution in [0.5, 0.6) is 17.2 Å². The van der Waals surface area contributed by atoms with Gasteiger partial charge in [-0.3, -0.25) is 4.72 Å². The molecule has 0 spiro atoms. The molecule has 2 aromatic carbocycles. The highest BCUT2D eigenvalue weighted by Crippen LogP contribution is 2.35. The number of hydrogen-bond donors (Lipinski definition) is 1. The number of anilines is 1. The van der Waals surface area contributed by atoms with Crippen molar-refractivity contribution in [2.45, 2.75) is 18.7 Å². The van der Waals surface area contributed by atoms with Crippen LogP contribution in [0, 0.1) is 13.8 Å². The molecular weight excluding hydrogens is 318 g/mol. The number of fused-ring (bicyclic) bond motifs is 1. The van der Waals surface area contributed by atoms with E-state index in [4.69, 9.17) is 14.2 Å². The van der Waals surface area contributed by atoms with E-state index in [9.17, 15) is 8.42 Å². The fraction of sp³-hybridized carbons (Fsp3) is 0.250. The minimum absolute atomic E-state index is 0.100. The third kappa shape index (κ3) is 2.92. The average Bonchev–Trinajstić information content (AvgIpc) is 2.97. The van der Waals surface area contributed by atoms with Crippen molar-refractivity contribution in [3.8, 4) is 17.2 Å². The summed E-state index contributed by atoms with van der Waals surface area (Å²) in [4.78, 5) is 0.120. The molecule has 0 saturated heterocycles. The lowest BCUT2D eigenvalue weighted by Crippen LogP contribution is -2.14. The maximum Gasteiger partial charge on any atom is 0.262 e. The highest BCUT2D eigenvalue weighted by Gasteiger charge is 2.21. The monoisotopic (exact) mass is 335 g/mol. The molecule has 6 nitrogen and oxygen atoms in total. The summed E-state index contributed by atoms with van der Waals surface area (Å²) in [5.41, 5.74) is 2.14. The van der Waals surface area contributed by atoms with Gasteiger partial charge in [0.25, 0.3) is 10.0 Å². The Bertz CT molecular complexity index is 861. The quantitative estimate of drug-likeness (QED) is 0.930. The summed E-state index contributed by atoms with van der Waals surface area (Å²) in [6, 6.07) is 8.08. The number of sulfonamides is 1. The Hall–Kier alpha value is -2.41. The average molecular weight is 335 g/mol. The Labute approximate surface area is 135 Å². The fourth-order valence-electron chi connectivity index (χ4n) is 2.37. The van der Waals surface area contributed by atoms with Crippen molar-refractivity contribution in [2.24, 2.45) is 0 Å². The van der Waals surface area contributed by atoms with E-state index in [2.05, 4.69) is 4.72 Å². The highest BCUT2D eigenvalue weighted by molar-refractivity contribution is 7.92. The first-order chi connectivity index (χ1) is 10.9. The summed E-state index contributed by atoms with van der Waals surface area (Å²) < 4.78 is 43.4. The molecule has 0 fully saturated rings. The molecule has 0 amide bonds. The van der Waals surface area contributed by atoms with E-state index in [1.165, 1.54) is 12.1 Å². The minimum Gasteiger partial charge on any atom is -0.496 e. The number of benzene rings is 2. The lowest BCUT2D eigenvalue weighted by Gasteiger charge is -2.14. The van der Waals surface area contributed by atoms with E-state index in [1.807, 2.05) is 13.8 Å². The molecule has 0 aliphatic carbocycles. The van der Waals surface area contributed by atoms with Crippen LogP contribution in [0.4, 0.5) is 5.69 Å². The molecule has 0 unspecified atom stereocenters. The SMILES string of the molecule is COc1cc(C)c(NS(=O)(=O)c2ccc3c(c2)OCO3)cc1C.